The van der Waals surface area contributed by atoms with E-state index in [1.165, 1.54) is 13.1 Å². The summed E-state index contributed by atoms with van der Waals surface area (Å²) in [4.78, 5) is 12.7. The second kappa shape index (κ2) is 9.76. The monoisotopic (exact) mass is 463 g/mol. The van der Waals surface area contributed by atoms with Gasteiger partial charge in [-0.25, -0.2) is 8.42 Å². The minimum Gasteiger partial charge on any atom is -0.487 e. The number of carbonyl (C=O) groups excluding carboxylic acids is 1. The number of amides is 1. The Morgan fingerprint density at radius 1 is 1.09 bits per heavy atom. The third-order valence-corrected chi connectivity index (χ3v) is 6.39. The van der Waals surface area contributed by atoms with Crippen LogP contribution in [0.15, 0.2) is 60.7 Å². The smallest absolute Gasteiger partial charge is 0.255 e. The van der Waals surface area contributed by atoms with E-state index in [2.05, 4.69) is 5.32 Å². The second-order valence-corrected chi connectivity index (χ2v) is 9.79. The van der Waals surface area contributed by atoms with E-state index in [-0.39, 0.29) is 6.61 Å². The Balaban J connectivity index is 1.92. The van der Waals surface area contributed by atoms with Gasteiger partial charge in [-0.15, -0.1) is 0 Å². The van der Waals surface area contributed by atoms with Crippen LogP contribution in [0.3, 0.4) is 0 Å². The first-order valence-electron chi connectivity index (χ1n) is 10.2. The van der Waals surface area contributed by atoms with Crippen molar-refractivity contribution in [3.05, 3.63) is 88.5 Å². The lowest BCUT2D eigenvalue weighted by Crippen LogP contribution is -2.25. The molecule has 7 nitrogen and oxygen atoms in total. The molecule has 1 amide bonds. The summed E-state index contributed by atoms with van der Waals surface area (Å²) >= 11 is 0. The standard InChI is InChI=1S/C25H25N3O4S/c1-17-8-9-18(2)21(12-17)16-32-24-14-22(10-11-23(24)28(3)33(4,30)31)27-25(29)20-7-5-6-19(13-20)15-26/h5-14H,16H2,1-4H3,(H,27,29). The number of aryl methyl sites for hydroxylation is 2. The van der Waals surface area contributed by atoms with E-state index in [0.717, 1.165) is 27.3 Å². The summed E-state index contributed by atoms with van der Waals surface area (Å²) in [6.45, 7) is 4.21. The van der Waals surface area contributed by atoms with Gasteiger partial charge in [-0.05, 0) is 55.3 Å². The van der Waals surface area contributed by atoms with Crippen LogP contribution in [0.2, 0.25) is 0 Å². The molecule has 3 aromatic rings. The highest BCUT2D eigenvalue weighted by Crippen LogP contribution is 2.33. The van der Waals surface area contributed by atoms with Gasteiger partial charge in [-0.3, -0.25) is 9.10 Å². The number of benzene rings is 3. The summed E-state index contributed by atoms with van der Waals surface area (Å²) < 4.78 is 31.5. The van der Waals surface area contributed by atoms with Crippen molar-refractivity contribution in [2.24, 2.45) is 0 Å². The molecular formula is C25H25N3O4S. The van der Waals surface area contributed by atoms with Gasteiger partial charge in [0.2, 0.25) is 10.0 Å². The van der Waals surface area contributed by atoms with E-state index in [1.807, 2.05) is 38.1 Å². The van der Waals surface area contributed by atoms with Crippen LogP contribution in [0.1, 0.15) is 32.6 Å². The van der Waals surface area contributed by atoms with Crippen LogP contribution < -0.4 is 14.4 Å². The zero-order valence-corrected chi connectivity index (χ0v) is 19.7. The van der Waals surface area contributed by atoms with E-state index in [9.17, 15) is 13.2 Å². The highest BCUT2D eigenvalue weighted by Gasteiger charge is 2.18. The molecular weight excluding hydrogens is 438 g/mol. The zero-order valence-electron chi connectivity index (χ0n) is 18.9. The molecule has 8 heteroatoms. The van der Waals surface area contributed by atoms with E-state index in [4.69, 9.17) is 10.00 Å². The predicted octanol–water partition coefficient (Wildman–Crippen LogP) is 4.40. The van der Waals surface area contributed by atoms with Gasteiger partial charge in [0.05, 0.1) is 23.6 Å². The molecule has 0 radical (unpaired) electrons. The van der Waals surface area contributed by atoms with Crippen molar-refractivity contribution in [1.29, 1.82) is 5.26 Å². The van der Waals surface area contributed by atoms with Crippen molar-refractivity contribution in [3.63, 3.8) is 0 Å². The number of anilines is 2. The van der Waals surface area contributed by atoms with Gasteiger partial charge in [0.25, 0.3) is 5.91 Å². The molecule has 0 aliphatic rings. The zero-order chi connectivity index (χ0) is 24.2. The number of carbonyl (C=O) groups is 1. The maximum absolute atomic E-state index is 12.7. The van der Waals surface area contributed by atoms with Gasteiger partial charge in [-0.1, -0.05) is 29.8 Å². The maximum atomic E-state index is 12.7. The van der Waals surface area contributed by atoms with E-state index >= 15 is 0 Å². The molecule has 33 heavy (non-hydrogen) atoms. The molecule has 0 fully saturated rings. The summed E-state index contributed by atoms with van der Waals surface area (Å²) in [5.74, 6) is -0.0794. The van der Waals surface area contributed by atoms with Crippen molar-refractivity contribution in [2.45, 2.75) is 20.5 Å². The lowest BCUT2D eigenvalue weighted by Gasteiger charge is -2.21. The Bertz CT molecular complexity index is 1340. The van der Waals surface area contributed by atoms with Gasteiger partial charge in [-0.2, -0.15) is 5.26 Å². The first kappa shape index (κ1) is 23.8. The van der Waals surface area contributed by atoms with Gasteiger partial charge in [0, 0.05) is 24.4 Å². The van der Waals surface area contributed by atoms with Crippen molar-refractivity contribution < 1.29 is 17.9 Å². The summed E-state index contributed by atoms with van der Waals surface area (Å²) in [6, 6.07) is 19.2. The summed E-state index contributed by atoms with van der Waals surface area (Å²) in [6.07, 6.45) is 1.11. The predicted molar refractivity (Wildman–Crippen MR) is 129 cm³/mol. The van der Waals surface area contributed by atoms with Crippen LogP contribution >= 0.6 is 0 Å². The number of nitriles is 1. The molecule has 170 valence electrons. The van der Waals surface area contributed by atoms with E-state index in [0.29, 0.717) is 28.3 Å². The fourth-order valence-corrected chi connectivity index (χ4v) is 3.70. The van der Waals surface area contributed by atoms with Crippen LogP contribution in [-0.2, 0) is 16.6 Å². The molecule has 0 aliphatic heterocycles. The Hall–Kier alpha value is -3.83. The second-order valence-electron chi connectivity index (χ2n) is 7.78. The number of rotatable bonds is 7. The van der Waals surface area contributed by atoms with Crippen molar-refractivity contribution >= 4 is 27.3 Å². The first-order chi connectivity index (χ1) is 15.6. The number of nitrogens with zero attached hydrogens (tertiary/aromatic N) is 2. The number of nitrogens with one attached hydrogen (secondary N) is 1. The van der Waals surface area contributed by atoms with Gasteiger partial charge in [0.1, 0.15) is 12.4 Å². The van der Waals surface area contributed by atoms with Crippen molar-refractivity contribution in [2.75, 3.05) is 22.9 Å². The van der Waals surface area contributed by atoms with Gasteiger partial charge >= 0.3 is 0 Å². The lowest BCUT2D eigenvalue weighted by molar-refractivity contribution is 0.102. The van der Waals surface area contributed by atoms with Crippen LogP contribution in [0, 0.1) is 25.2 Å². The third-order valence-electron chi connectivity index (χ3n) is 5.20. The third kappa shape index (κ3) is 5.90. The Morgan fingerprint density at radius 2 is 1.85 bits per heavy atom. The van der Waals surface area contributed by atoms with Gasteiger partial charge in [0.15, 0.2) is 0 Å². The summed E-state index contributed by atoms with van der Waals surface area (Å²) in [7, 11) is -2.08. The van der Waals surface area contributed by atoms with Gasteiger partial charge < -0.3 is 10.1 Å². The Labute approximate surface area is 194 Å². The van der Waals surface area contributed by atoms with Crippen LogP contribution in [-0.4, -0.2) is 27.6 Å². The molecule has 0 saturated heterocycles. The molecule has 1 N–H and O–H groups in total. The van der Waals surface area contributed by atoms with Crippen LogP contribution in [0.4, 0.5) is 11.4 Å². The Kier molecular flexibility index (Phi) is 7.04. The normalized spacial score (nSPS) is 10.9. The molecule has 0 aromatic heterocycles. The quantitative estimate of drug-likeness (QED) is 0.560. The fourth-order valence-electron chi connectivity index (χ4n) is 3.19. The molecule has 0 bridgehead atoms. The topological polar surface area (TPSA) is 99.5 Å². The molecule has 3 rings (SSSR count). The molecule has 0 spiro atoms. The van der Waals surface area contributed by atoms with Crippen LogP contribution in [0.25, 0.3) is 0 Å². The molecule has 0 saturated carbocycles. The largest absolute Gasteiger partial charge is 0.487 e. The van der Waals surface area contributed by atoms with Crippen molar-refractivity contribution in [3.8, 4) is 11.8 Å². The Morgan fingerprint density at radius 3 is 2.55 bits per heavy atom. The minimum absolute atomic E-state index is 0.236. The number of hydrogen-bond acceptors (Lipinski definition) is 5. The lowest BCUT2D eigenvalue weighted by atomic mass is 10.1. The minimum atomic E-state index is -3.53. The van der Waals surface area contributed by atoms with Crippen molar-refractivity contribution in [1.82, 2.24) is 0 Å². The highest BCUT2D eigenvalue weighted by atomic mass is 32.2. The molecule has 0 atom stereocenters. The summed E-state index contributed by atoms with van der Waals surface area (Å²) in [5.41, 5.74) is 4.63. The average Bonchev–Trinajstić information content (AvgIpc) is 2.78. The number of hydrogen-bond donors (Lipinski definition) is 1. The number of sulfonamides is 1. The molecule has 0 heterocycles. The maximum Gasteiger partial charge on any atom is 0.255 e. The molecule has 0 unspecified atom stereocenters. The van der Waals surface area contributed by atoms with E-state index in [1.54, 1.807) is 36.4 Å². The van der Waals surface area contributed by atoms with E-state index < -0.39 is 15.9 Å². The SMILES string of the molecule is Cc1ccc(C)c(COc2cc(NC(=O)c3cccc(C#N)c3)ccc2N(C)S(C)(=O)=O)c1. The fraction of sp³-hybridized carbons (Fsp3) is 0.200. The van der Waals surface area contributed by atoms with Crippen LogP contribution in [0.5, 0.6) is 5.75 Å². The molecule has 3 aromatic carbocycles. The highest BCUT2D eigenvalue weighted by molar-refractivity contribution is 7.92. The molecule has 0 aliphatic carbocycles. The average molecular weight is 464 g/mol. The number of ether oxygens (including phenoxy) is 1. The first-order valence-corrected chi connectivity index (χ1v) is 12.0. The summed E-state index contributed by atoms with van der Waals surface area (Å²) in [5, 5.41) is 11.8.